The molecular formula is C16H18F3N3OS. The van der Waals surface area contributed by atoms with Crippen LogP contribution in [-0.2, 0) is 17.5 Å². The minimum Gasteiger partial charge on any atom is -0.326 e. The van der Waals surface area contributed by atoms with Crippen LogP contribution in [0.1, 0.15) is 25.8 Å². The zero-order valence-corrected chi connectivity index (χ0v) is 14.1. The van der Waals surface area contributed by atoms with Gasteiger partial charge in [0.25, 0.3) is 0 Å². The number of carbonyl (C=O) groups excluding carboxylic acids is 1. The summed E-state index contributed by atoms with van der Waals surface area (Å²) in [6, 6.07) is 4.38. The van der Waals surface area contributed by atoms with Crippen molar-refractivity contribution in [1.82, 2.24) is 9.55 Å². The number of alkyl halides is 3. The summed E-state index contributed by atoms with van der Waals surface area (Å²) in [7, 11) is 0. The highest BCUT2D eigenvalue weighted by molar-refractivity contribution is 8.00. The minimum absolute atomic E-state index is 0.286. The maximum absolute atomic E-state index is 12.5. The van der Waals surface area contributed by atoms with Gasteiger partial charge in [-0.3, -0.25) is 4.79 Å². The molecule has 130 valence electrons. The van der Waals surface area contributed by atoms with Crippen LogP contribution in [0, 0.1) is 0 Å². The number of nitrogens with zero attached hydrogens (tertiary/aromatic N) is 2. The third-order valence-electron chi connectivity index (χ3n) is 3.27. The lowest BCUT2D eigenvalue weighted by Gasteiger charge is -2.13. The van der Waals surface area contributed by atoms with E-state index in [-0.39, 0.29) is 5.91 Å². The van der Waals surface area contributed by atoms with Crippen LogP contribution in [-0.4, -0.2) is 20.7 Å². The van der Waals surface area contributed by atoms with Crippen LogP contribution in [0.3, 0.4) is 0 Å². The van der Waals surface area contributed by atoms with Gasteiger partial charge in [0.15, 0.2) is 5.16 Å². The molecule has 0 aliphatic carbocycles. The van der Waals surface area contributed by atoms with Crippen LogP contribution in [0.5, 0.6) is 0 Å². The number of thioether (sulfide) groups is 1. The maximum Gasteiger partial charge on any atom is 0.416 e. The average molecular weight is 357 g/mol. The van der Waals surface area contributed by atoms with Crippen molar-refractivity contribution in [1.29, 1.82) is 0 Å². The Hall–Kier alpha value is -1.96. The Balaban J connectivity index is 1.97. The van der Waals surface area contributed by atoms with E-state index in [0.29, 0.717) is 5.69 Å². The standard InChI is InChI=1S/C16H18F3N3OS/c1-3-9-22-10-8-20-15(22)24-11(2)14(23)21-13-6-4-12(5-7-13)16(17,18)19/h4-8,10-11H,3,9H2,1-2H3,(H,21,23). The fourth-order valence-corrected chi connectivity index (χ4v) is 2.91. The molecule has 0 bridgehead atoms. The van der Waals surface area contributed by atoms with E-state index in [1.165, 1.54) is 23.9 Å². The Bertz CT molecular complexity index is 683. The Morgan fingerprint density at radius 1 is 1.33 bits per heavy atom. The molecule has 1 aromatic carbocycles. The summed E-state index contributed by atoms with van der Waals surface area (Å²) < 4.78 is 39.5. The lowest BCUT2D eigenvalue weighted by Crippen LogP contribution is -2.23. The first-order chi connectivity index (χ1) is 11.3. The highest BCUT2D eigenvalue weighted by Crippen LogP contribution is 2.30. The van der Waals surface area contributed by atoms with E-state index in [2.05, 4.69) is 17.2 Å². The lowest BCUT2D eigenvalue weighted by atomic mass is 10.2. The molecule has 2 rings (SSSR count). The molecule has 8 heteroatoms. The Morgan fingerprint density at radius 3 is 2.58 bits per heavy atom. The third-order valence-corrected chi connectivity index (χ3v) is 4.39. The van der Waals surface area contributed by atoms with E-state index >= 15 is 0 Å². The second-order valence-electron chi connectivity index (χ2n) is 5.23. The van der Waals surface area contributed by atoms with Crippen molar-refractivity contribution in [2.75, 3.05) is 5.32 Å². The maximum atomic E-state index is 12.5. The number of hydrogen-bond acceptors (Lipinski definition) is 3. The second-order valence-corrected chi connectivity index (χ2v) is 6.54. The number of halogens is 3. The molecule has 2 aromatic rings. The summed E-state index contributed by atoms with van der Waals surface area (Å²) in [5.74, 6) is -0.286. The van der Waals surface area contributed by atoms with Gasteiger partial charge in [-0.25, -0.2) is 4.98 Å². The molecule has 0 radical (unpaired) electrons. The number of aromatic nitrogens is 2. The molecule has 1 aromatic heterocycles. The Morgan fingerprint density at radius 2 is 2.00 bits per heavy atom. The number of rotatable bonds is 6. The molecular weight excluding hydrogens is 339 g/mol. The summed E-state index contributed by atoms with van der Waals surface area (Å²) >= 11 is 1.31. The summed E-state index contributed by atoms with van der Waals surface area (Å²) in [4.78, 5) is 16.4. The molecule has 24 heavy (non-hydrogen) atoms. The van der Waals surface area contributed by atoms with E-state index in [1.54, 1.807) is 13.1 Å². The molecule has 1 atom stereocenters. The van der Waals surface area contributed by atoms with E-state index in [1.807, 2.05) is 10.8 Å². The summed E-state index contributed by atoms with van der Waals surface area (Å²) in [5.41, 5.74) is -0.415. The summed E-state index contributed by atoms with van der Waals surface area (Å²) in [6.07, 6.45) is 0.100. The van der Waals surface area contributed by atoms with Gasteiger partial charge in [0.1, 0.15) is 0 Å². The first kappa shape index (κ1) is 18.4. The average Bonchev–Trinajstić information content (AvgIpc) is 2.94. The molecule has 0 saturated carbocycles. The quantitative estimate of drug-likeness (QED) is 0.778. The molecule has 1 N–H and O–H groups in total. The van der Waals surface area contributed by atoms with Crippen molar-refractivity contribution in [3.05, 3.63) is 42.2 Å². The number of anilines is 1. The van der Waals surface area contributed by atoms with Crippen molar-refractivity contribution in [3.8, 4) is 0 Å². The van der Waals surface area contributed by atoms with E-state index in [9.17, 15) is 18.0 Å². The molecule has 0 saturated heterocycles. The predicted octanol–water partition coefficient (Wildman–Crippen LogP) is 4.43. The molecule has 4 nitrogen and oxygen atoms in total. The van der Waals surface area contributed by atoms with Gasteiger partial charge < -0.3 is 9.88 Å². The topological polar surface area (TPSA) is 46.9 Å². The number of imidazole rings is 1. The fourth-order valence-electron chi connectivity index (χ4n) is 2.02. The van der Waals surface area contributed by atoms with Crippen LogP contribution < -0.4 is 5.32 Å². The second kappa shape index (κ2) is 7.74. The minimum atomic E-state index is -4.39. The highest BCUT2D eigenvalue weighted by atomic mass is 32.2. The third kappa shape index (κ3) is 4.77. The molecule has 0 aliphatic heterocycles. The van der Waals surface area contributed by atoms with Crippen molar-refractivity contribution >= 4 is 23.4 Å². The summed E-state index contributed by atoms with van der Waals surface area (Å²) in [6.45, 7) is 4.60. The molecule has 0 aliphatic rings. The monoisotopic (exact) mass is 357 g/mol. The van der Waals surface area contributed by atoms with Crippen molar-refractivity contribution in [2.24, 2.45) is 0 Å². The fraction of sp³-hybridized carbons (Fsp3) is 0.375. The summed E-state index contributed by atoms with van der Waals surface area (Å²) in [5, 5.41) is 2.94. The Labute approximate surface area is 142 Å². The zero-order valence-electron chi connectivity index (χ0n) is 13.3. The van der Waals surface area contributed by atoms with Gasteiger partial charge in [-0.2, -0.15) is 13.2 Å². The van der Waals surface area contributed by atoms with Gasteiger partial charge in [0, 0.05) is 24.6 Å². The smallest absolute Gasteiger partial charge is 0.326 e. The molecule has 1 amide bonds. The Kier molecular flexibility index (Phi) is 5.93. The predicted molar refractivity (Wildman–Crippen MR) is 87.9 cm³/mol. The van der Waals surface area contributed by atoms with Crippen LogP contribution in [0.4, 0.5) is 18.9 Å². The molecule has 0 spiro atoms. The number of aryl methyl sites for hydroxylation is 1. The van der Waals surface area contributed by atoms with Gasteiger partial charge in [0.05, 0.1) is 10.8 Å². The number of hydrogen-bond donors (Lipinski definition) is 1. The molecule has 1 unspecified atom stereocenters. The van der Waals surface area contributed by atoms with Crippen molar-refractivity contribution in [2.45, 2.75) is 43.4 Å². The van der Waals surface area contributed by atoms with Crippen molar-refractivity contribution < 1.29 is 18.0 Å². The number of carbonyl (C=O) groups is 1. The van der Waals surface area contributed by atoms with Gasteiger partial charge in [-0.05, 0) is 37.6 Å². The first-order valence-electron chi connectivity index (χ1n) is 7.47. The van der Waals surface area contributed by atoms with Gasteiger partial charge in [-0.1, -0.05) is 18.7 Å². The number of amides is 1. The van der Waals surface area contributed by atoms with Gasteiger partial charge in [-0.15, -0.1) is 0 Å². The largest absolute Gasteiger partial charge is 0.416 e. The van der Waals surface area contributed by atoms with E-state index in [0.717, 1.165) is 30.3 Å². The van der Waals surface area contributed by atoms with Crippen LogP contribution in [0.25, 0.3) is 0 Å². The van der Waals surface area contributed by atoms with Crippen LogP contribution >= 0.6 is 11.8 Å². The highest BCUT2D eigenvalue weighted by Gasteiger charge is 2.30. The SMILES string of the molecule is CCCn1ccnc1SC(C)C(=O)Nc1ccc(C(F)(F)F)cc1. The number of benzene rings is 1. The van der Waals surface area contributed by atoms with Crippen molar-refractivity contribution in [3.63, 3.8) is 0 Å². The first-order valence-corrected chi connectivity index (χ1v) is 8.35. The van der Waals surface area contributed by atoms with Gasteiger partial charge in [0.2, 0.25) is 5.91 Å². The zero-order chi connectivity index (χ0) is 17.7. The normalized spacial score (nSPS) is 12.9. The van der Waals surface area contributed by atoms with Crippen LogP contribution in [0.2, 0.25) is 0 Å². The molecule has 1 heterocycles. The number of nitrogens with one attached hydrogen (secondary N) is 1. The molecule has 0 fully saturated rings. The van der Waals surface area contributed by atoms with Gasteiger partial charge >= 0.3 is 6.18 Å². The van der Waals surface area contributed by atoms with E-state index < -0.39 is 17.0 Å². The lowest BCUT2D eigenvalue weighted by molar-refractivity contribution is -0.137. The van der Waals surface area contributed by atoms with Crippen LogP contribution in [0.15, 0.2) is 41.8 Å². The van der Waals surface area contributed by atoms with E-state index in [4.69, 9.17) is 0 Å².